The molecule has 4 N–H and O–H groups in total. The van der Waals surface area contributed by atoms with Crippen molar-refractivity contribution in [3.05, 3.63) is 64.7 Å². The molecule has 3 heteroatoms. The Morgan fingerprint density at radius 3 is 2.17 bits per heavy atom. The largest absolute Gasteiger partial charge is 0.493 e. The van der Waals surface area contributed by atoms with Gasteiger partial charge in [-0.2, -0.15) is 0 Å². The van der Waals surface area contributed by atoms with Crippen LogP contribution in [0.1, 0.15) is 59.8 Å². The Labute approximate surface area is 175 Å². The first kappa shape index (κ1) is 20.4. The van der Waals surface area contributed by atoms with Crippen LogP contribution in [0.5, 0.6) is 5.75 Å². The number of rotatable bonds is 7. The van der Waals surface area contributed by atoms with E-state index in [0.29, 0.717) is 11.8 Å². The molecule has 3 saturated carbocycles. The van der Waals surface area contributed by atoms with Gasteiger partial charge in [0.25, 0.3) is 0 Å². The van der Waals surface area contributed by atoms with Gasteiger partial charge < -0.3 is 16.2 Å². The fraction of sp³-hybridized carbons (Fsp3) is 0.538. The quantitative estimate of drug-likeness (QED) is 0.704. The van der Waals surface area contributed by atoms with E-state index in [2.05, 4.69) is 56.3 Å². The standard InChI is InChI=1S/C15H21NO.C11H15N/c1-10-2-5-15(17-9-11-3-4-11)14(6-10)13-7-12(13)8-16;1-8-3-2-4-9(5-8)11-6-10(11)7-12/h2,5-6,11-13H,3-4,7-9,16H2,1H3;2-5,10-11H,6-7,12H2,1H3/t12-,13+;/m1./s1. The summed E-state index contributed by atoms with van der Waals surface area (Å²) < 4.78 is 5.97. The van der Waals surface area contributed by atoms with Crippen molar-refractivity contribution in [1.82, 2.24) is 0 Å². The normalized spacial score (nSPS) is 27.0. The Kier molecular flexibility index (Phi) is 6.26. The Hall–Kier alpha value is -1.84. The van der Waals surface area contributed by atoms with Gasteiger partial charge in [-0.25, -0.2) is 0 Å². The van der Waals surface area contributed by atoms with E-state index in [4.69, 9.17) is 16.2 Å². The lowest BCUT2D eigenvalue weighted by molar-refractivity contribution is 0.296. The molecule has 0 aliphatic heterocycles. The van der Waals surface area contributed by atoms with Crippen molar-refractivity contribution < 1.29 is 4.74 Å². The fourth-order valence-electron chi connectivity index (χ4n) is 4.29. The van der Waals surface area contributed by atoms with E-state index < -0.39 is 0 Å². The molecular weight excluding hydrogens is 356 g/mol. The Morgan fingerprint density at radius 1 is 0.862 bits per heavy atom. The first-order valence-corrected chi connectivity index (χ1v) is 11.3. The number of hydrogen-bond acceptors (Lipinski definition) is 3. The molecule has 3 nitrogen and oxygen atoms in total. The number of aryl methyl sites for hydroxylation is 2. The molecule has 29 heavy (non-hydrogen) atoms. The Bertz CT molecular complexity index is 829. The maximum absolute atomic E-state index is 5.97. The molecular formula is C26H36N2O. The highest BCUT2D eigenvalue weighted by molar-refractivity contribution is 5.42. The summed E-state index contributed by atoms with van der Waals surface area (Å²) >= 11 is 0. The Balaban J connectivity index is 0.000000150. The summed E-state index contributed by atoms with van der Waals surface area (Å²) in [6.07, 6.45) is 5.21. The van der Waals surface area contributed by atoms with Gasteiger partial charge >= 0.3 is 0 Å². The number of hydrogen-bond donors (Lipinski definition) is 2. The maximum Gasteiger partial charge on any atom is 0.122 e. The summed E-state index contributed by atoms with van der Waals surface area (Å²) in [7, 11) is 0. The van der Waals surface area contributed by atoms with E-state index in [1.807, 2.05) is 0 Å². The molecule has 0 heterocycles. The number of benzene rings is 2. The van der Waals surface area contributed by atoms with Crippen LogP contribution in [0.4, 0.5) is 0 Å². The smallest absolute Gasteiger partial charge is 0.122 e. The molecule has 0 radical (unpaired) electrons. The molecule has 3 aliphatic carbocycles. The van der Waals surface area contributed by atoms with Crippen molar-refractivity contribution in [2.45, 2.75) is 51.4 Å². The summed E-state index contributed by atoms with van der Waals surface area (Å²) in [5.41, 5.74) is 16.9. The second kappa shape index (κ2) is 8.89. The van der Waals surface area contributed by atoms with E-state index in [9.17, 15) is 0 Å². The predicted octanol–water partition coefficient (Wildman–Crippen LogP) is 4.90. The summed E-state index contributed by atoms with van der Waals surface area (Å²) in [6.45, 7) is 6.84. The van der Waals surface area contributed by atoms with Gasteiger partial charge in [0, 0.05) is 0 Å². The minimum atomic E-state index is 0.647. The molecule has 3 fully saturated rings. The van der Waals surface area contributed by atoms with Gasteiger partial charge in [0.1, 0.15) is 5.75 Å². The monoisotopic (exact) mass is 392 g/mol. The Morgan fingerprint density at radius 2 is 1.55 bits per heavy atom. The van der Waals surface area contributed by atoms with E-state index >= 15 is 0 Å². The lowest BCUT2D eigenvalue weighted by atomic mass is 10.0. The predicted molar refractivity (Wildman–Crippen MR) is 120 cm³/mol. The van der Waals surface area contributed by atoms with Gasteiger partial charge in [0.2, 0.25) is 0 Å². The van der Waals surface area contributed by atoms with Gasteiger partial charge in [0.15, 0.2) is 0 Å². The molecule has 3 aliphatic rings. The highest BCUT2D eigenvalue weighted by Gasteiger charge is 2.39. The van der Waals surface area contributed by atoms with Gasteiger partial charge in [-0.05, 0) is 99.4 Å². The average Bonchev–Trinajstić information content (AvgIpc) is 3.61. The zero-order chi connectivity index (χ0) is 20.4. The average molecular weight is 393 g/mol. The zero-order valence-electron chi connectivity index (χ0n) is 17.9. The second-order valence-electron chi connectivity index (χ2n) is 9.39. The fourth-order valence-corrected chi connectivity index (χ4v) is 4.29. The molecule has 0 amide bonds. The molecule has 0 aromatic heterocycles. The van der Waals surface area contributed by atoms with Crippen LogP contribution < -0.4 is 16.2 Å². The highest BCUT2D eigenvalue weighted by atomic mass is 16.5. The SMILES string of the molecule is Cc1ccc(OCC2CC2)c([C@H]2C[C@@H]2CN)c1.Cc1cccc(C2CC2CN)c1. The third kappa shape index (κ3) is 5.40. The minimum Gasteiger partial charge on any atom is -0.493 e. The van der Waals surface area contributed by atoms with Crippen LogP contribution in [0.15, 0.2) is 42.5 Å². The van der Waals surface area contributed by atoms with E-state index in [1.54, 1.807) is 0 Å². The van der Waals surface area contributed by atoms with E-state index in [-0.39, 0.29) is 0 Å². The van der Waals surface area contributed by atoms with Gasteiger partial charge in [-0.1, -0.05) is 47.5 Å². The lowest BCUT2D eigenvalue weighted by Gasteiger charge is -2.12. The molecule has 0 bridgehead atoms. The van der Waals surface area contributed by atoms with Crippen molar-refractivity contribution >= 4 is 0 Å². The number of nitrogens with two attached hydrogens (primary N) is 2. The minimum absolute atomic E-state index is 0.647. The van der Waals surface area contributed by atoms with E-state index in [0.717, 1.165) is 43.2 Å². The van der Waals surface area contributed by atoms with Crippen LogP contribution in [-0.4, -0.2) is 19.7 Å². The summed E-state index contributed by atoms with van der Waals surface area (Å²) in [5.74, 6) is 4.76. The molecule has 5 rings (SSSR count). The topological polar surface area (TPSA) is 61.3 Å². The molecule has 2 aromatic rings. The van der Waals surface area contributed by atoms with Crippen LogP contribution in [0, 0.1) is 31.6 Å². The summed E-state index contributed by atoms with van der Waals surface area (Å²) in [4.78, 5) is 0. The molecule has 4 atom stereocenters. The molecule has 2 unspecified atom stereocenters. The lowest BCUT2D eigenvalue weighted by Crippen LogP contribution is -2.04. The maximum atomic E-state index is 5.97. The van der Waals surface area contributed by atoms with E-state index in [1.165, 1.54) is 47.9 Å². The second-order valence-corrected chi connectivity index (χ2v) is 9.39. The third-order valence-corrected chi connectivity index (χ3v) is 6.66. The van der Waals surface area contributed by atoms with Crippen LogP contribution >= 0.6 is 0 Å². The highest BCUT2D eigenvalue weighted by Crippen LogP contribution is 2.50. The summed E-state index contributed by atoms with van der Waals surface area (Å²) in [5, 5.41) is 0. The van der Waals surface area contributed by atoms with Crippen molar-refractivity contribution in [3.63, 3.8) is 0 Å². The summed E-state index contributed by atoms with van der Waals surface area (Å²) in [6, 6.07) is 15.3. The van der Waals surface area contributed by atoms with Crippen molar-refractivity contribution in [1.29, 1.82) is 0 Å². The first-order valence-electron chi connectivity index (χ1n) is 11.3. The van der Waals surface area contributed by atoms with Gasteiger partial charge in [0.05, 0.1) is 6.61 Å². The number of ether oxygens (including phenoxy) is 1. The van der Waals surface area contributed by atoms with Gasteiger partial charge in [-0.3, -0.25) is 0 Å². The first-order chi connectivity index (χ1) is 14.1. The molecule has 0 spiro atoms. The van der Waals surface area contributed by atoms with Crippen molar-refractivity contribution in [2.24, 2.45) is 29.2 Å². The van der Waals surface area contributed by atoms with Gasteiger partial charge in [-0.15, -0.1) is 0 Å². The molecule has 2 aromatic carbocycles. The molecule has 156 valence electrons. The van der Waals surface area contributed by atoms with Crippen LogP contribution in [0.25, 0.3) is 0 Å². The molecule has 0 saturated heterocycles. The van der Waals surface area contributed by atoms with Crippen LogP contribution in [0.2, 0.25) is 0 Å². The zero-order valence-corrected chi connectivity index (χ0v) is 17.9. The van der Waals surface area contributed by atoms with Crippen molar-refractivity contribution in [3.8, 4) is 5.75 Å². The van der Waals surface area contributed by atoms with Crippen LogP contribution in [-0.2, 0) is 0 Å². The van der Waals surface area contributed by atoms with Crippen molar-refractivity contribution in [2.75, 3.05) is 19.7 Å². The van der Waals surface area contributed by atoms with Crippen LogP contribution in [0.3, 0.4) is 0 Å². The third-order valence-electron chi connectivity index (χ3n) is 6.66.